The normalized spacial score (nSPS) is 29.1. The molecule has 2 rings (SSSR count). The van der Waals surface area contributed by atoms with Crippen LogP contribution in [-0.2, 0) is 4.79 Å². The second-order valence-corrected chi connectivity index (χ2v) is 6.13. The summed E-state index contributed by atoms with van der Waals surface area (Å²) < 4.78 is 0. The maximum atomic E-state index is 11.9. The fourth-order valence-electron chi connectivity index (χ4n) is 3.35. The van der Waals surface area contributed by atoms with E-state index in [1.54, 1.807) is 0 Å². The zero-order valence-electron chi connectivity index (χ0n) is 11.6. The summed E-state index contributed by atoms with van der Waals surface area (Å²) in [6.07, 6.45) is 6.56. The molecule has 2 aliphatic rings. The van der Waals surface area contributed by atoms with E-state index in [0.29, 0.717) is 18.8 Å². The number of urea groups is 1. The van der Waals surface area contributed by atoms with Crippen molar-refractivity contribution in [2.24, 2.45) is 11.3 Å². The molecule has 108 valence electrons. The molecule has 2 amide bonds. The standard InChI is InChI=1S/C14H24N2O3/c1-10-5-4-6-11(10)16-13(19)15-9-14(12(17)18)7-2-3-8-14/h10-11H,2-9H2,1H3,(H,17,18)(H2,15,16,19). The summed E-state index contributed by atoms with van der Waals surface area (Å²) in [6.45, 7) is 2.39. The number of hydrogen-bond donors (Lipinski definition) is 3. The SMILES string of the molecule is CC1CCCC1NC(=O)NCC1(C(=O)O)CCCC1. The Balaban J connectivity index is 1.80. The van der Waals surface area contributed by atoms with E-state index in [-0.39, 0.29) is 18.6 Å². The van der Waals surface area contributed by atoms with Crippen LogP contribution in [-0.4, -0.2) is 29.7 Å². The molecule has 19 heavy (non-hydrogen) atoms. The summed E-state index contributed by atoms with van der Waals surface area (Å²) in [4.78, 5) is 23.2. The molecule has 0 heterocycles. The Hall–Kier alpha value is -1.26. The van der Waals surface area contributed by atoms with E-state index in [1.807, 2.05) is 0 Å². The van der Waals surface area contributed by atoms with Gasteiger partial charge in [0.15, 0.2) is 0 Å². The first kappa shape index (κ1) is 14.2. The second kappa shape index (κ2) is 5.80. The lowest BCUT2D eigenvalue weighted by atomic mass is 9.86. The predicted molar refractivity (Wildman–Crippen MR) is 71.9 cm³/mol. The van der Waals surface area contributed by atoms with Gasteiger partial charge >= 0.3 is 12.0 Å². The van der Waals surface area contributed by atoms with Crippen molar-refractivity contribution in [3.63, 3.8) is 0 Å². The Morgan fingerprint density at radius 1 is 1.21 bits per heavy atom. The van der Waals surface area contributed by atoms with Crippen LogP contribution in [0.3, 0.4) is 0 Å². The molecule has 0 spiro atoms. The van der Waals surface area contributed by atoms with Gasteiger partial charge in [0, 0.05) is 12.6 Å². The van der Waals surface area contributed by atoms with Crippen LogP contribution in [0.15, 0.2) is 0 Å². The zero-order valence-corrected chi connectivity index (χ0v) is 11.6. The van der Waals surface area contributed by atoms with Crippen molar-refractivity contribution in [3.8, 4) is 0 Å². The molecule has 0 bridgehead atoms. The first-order valence-corrected chi connectivity index (χ1v) is 7.31. The van der Waals surface area contributed by atoms with Gasteiger partial charge in [0.1, 0.15) is 0 Å². The van der Waals surface area contributed by atoms with Gasteiger partial charge in [-0.15, -0.1) is 0 Å². The molecule has 2 fully saturated rings. The van der Waals surface area contributed by atoms with Gasteiger partial charge in [-0.3, -0.25) is 4.79 Å². The van der Waals surface area contributed by atoms with Gasteiger partial charge < -0.3 is 15.7 Å². The van der Waals surface area contributed by atoms with Crippen molar-refractivity contribution < 1.29 is 14.7 Å². The van der Waals surface area contributed by atoms with Gasteiger partial charge in [-0.1, -0.05) is 26.2 Å². The first-order valence-electron chi connectivity index (χ1n) is 7.31. The molecule has 5 heteroatoms. The largest absolute Gasteiger partial charge is 0.481 e. The number of amides is 2. The van der Waals surface area contributed by atoms with Crippen LogP contribution in [0.5, 0.6) is 0 Å². The molecule has 0 radical (unpaired) electrons. The number of carboxylic acid groups (broad SMARTS) is 1. The number of aliphatic carboxylic acids is 1. The van der Waals surface area contributed by atoms with Gasteiger partial charge in [0.25, 0.3) is 0 Å². The monoisotopic (exact) mass is 268 g/mol. The highest BCUT2D eigenvalue weighted by Crippen LogP contribution is 2.37. The van der Waals surface area contributed by atoms with Crippen molar-refractivity contribution in [2.75, 3.05) is 6.54 Å². The van der Waals surface area contributed by atoms with Gasteiger partial charge in [-0.25, -0.2) is 4.79 Å². The molecule has 0 aromatic carbocycles. The Morgan fingerprint density at radius 3 is 2.42 bits per heavy atom. The predicted octanol–water partition coefficient (Wildman–Crippen LogP) is 2.12. The van der Waals surface area contributed by atoms with Crippen LogP contribution in [0.1, 0.15) is 51.9 Å². The fraction of sp³-hybridized carbons (Fsp3) is 0.857. The molecule has 0 aromatic heterocycles. The summed E-state index contributed by atoms with van der Waals surface area (Å²) in [6, 6.07) is 0.0237. The minimum Gasteiger partial charge on any atom is -0.481 e. The smallest absolute Gasteiger partial charge is 0.315 e. The third-order valence-electron chi connectivity index (χ3n) is 4.78. The van der Waals surface area contributed by atoms with E-state index in [4.69, 9.17) is 0 Å². The molecular formula is C14H24N2O3. The highest BCUT2D eigenvalue weighted by atomic mass is 16.4. The molecule has 2 unspecified atom stereocenters. The maximum Gasteiger partial charge on any atom is 0.315 e. The van der Waals surface area contributed by atoms with E-state index >= 15 is 0 Å². The molecule has 5 nitrogen and oxygen atoms in total. The molecular weight excluding hydrogens is 244 g/mol. The zero-order chi connectivity index (χ0) is 13.9. The summed E-state index contributed by atoms with van der Waals surface area (Å²) >= 11 is 0. The number of carbonyl (C=O) groups excluding carboxylic acids is 1. The first-order chi connectivity index (χ1) is 9.03. The van der Waals surface area contributed by atoms with Gasteiger partial charge in [0.2, 0.25) is 0 Å². The van der Waals surface area contributed by atoms with Crippen LogP contribution in [0.2, 0.25) is 0 Å². The third kappa shape index (κ3) is 3.19. The summed E-state index contributed by atoms with van der Waals surface area (Å²) in [5.74, 6) is -0.259. The highest BCUT2D eigenvalue weighted by molar-refractivity contribution is 5.78. The maximum absolute atomic E-state index is 11.9. The average Bonchev–Trinajstić information content (AvgIpc) is 2.98. The van der Waals surface area contributed by atoms with Crippen LogP contribution in [0.25, 0.3) is 0 Å². The lowest BCUT2D eigenvalue weighted by Crippen LogP contribution is -2.48. The third-order valence-corrected chi connectivity index (χ3v) is 4.78. The Morgan fingerprint density at radius 2 is 1.89 bits per heavy atom. The molecule has 2 aliphatic carbocycles. The van der Waals surface area contributed by atoms with Crippen LogP contribution < -0.4 is 10.6 Å². The van der Waals surface area contributed by atoms with Crippen LogP contribution in [0, 0.1) is 11.3 Å². The number of hydrogen-bond acceptors (Lipinski definition) is 2. The van der Waals surface area contributed by atoms with E-state index in [2.05, 4.69) is 17.6 Å². The Kier molecular flexibility index (Phi) is 4.32. The lowest BCUT2D eigenvalue weighted by molar-refractivity contribution is -0.148. The van der Waals surface area contributed by atoms with Gasteiger partial charge in [-0.05, 0) is 31.6 Å². The van der Waals surface area contributed by atoms with Crippen LogP contribution >= 0.6 is 0 Å². The van der Waals surface area contributed by atoms with Gasteiger partial charge in [-0.2, -0.15) is 0 Å². The quantitative estimate of drug-likeness (QED) is 0.730. The van der Waals surface area contributed by atoms with Crippen molar-refractivity contribution >= 4 is 12.0 Å². The topological polar surface area (TPSA) is 78.4 Å². The molecule has 2 atom stereocenters. The Bertz CT molecular complexity index is 351. The lowest BCUT2D eigenvalue weighted by Gasteiger charge is -2.25. The molecule has 0 aromatic rings. The summed E-state index contributed by atoms with van der Waals surface area (Å²) in [5, 5.41) is 15.1. The summed E-state index contributed by atoms with van der Waals surface area (Å²) in [7, 11) is 0. The second-order valence-electron chi connectivity index (χ2n) is 6.13. The van der Waals surface area contributed by atoms with Crippen molar-refractivity contribution in [3.05, 3.63) is 0 Å². The fourth-order valence-corrected chi connectivity index (χ4v) is 3.35. The number of nitrogens with one attached hydrogen (secondary N) is 2. The van der Waals surface area contributed by atoms with E-state index in [9.17, 15) is 14.7 Å². The number of carbonyl (C=O) groups is 2. The number of rotatable bonds is 4. The van der Waals surface area contributed by atoms with E-state index < -0.39 is 11.4 Å². The minimum atomic E-state index is -0.778. The minimum absolute atomic E-state index is 0.216. The molecule has 3 N–H and O–H groups in total. The molecule has 2 saturated carbocycles. The van der Waals surface area contributed by atoms with E-state index in [1.165, 1.54) is 0 Å². The van der Waals surface area contributed by atoms with E-state index in [0.717, 1.165) is 32.1 Å². The van der Waals surface area contributed by atoms with Crippen molar-refractivity contribution in [1.29, 1.82) is 0 Å². The summed E-state index contributed by atoms with van der Waals surface area (Å²) in [5.41, 5.74) is -0.737. The molecule has 0 saturated heterocycles. The molecule has 0 aliphatic heterocycles. The van der Waals surface area contributed by atoms with Gasteiger partial charge in [0.05, 0.1) is 5.41 Å². The van der Waals surface area contributed by atoms with Crippen LogP contribution in [0.4, 0.5) is 4.79 Å². The number of carboxylic acids is 1. The van der Waals surface area contributed by atoms with Crippen molar-refractivity contribution in [1.82, 2.24) is 10.6 Å². The Labute approximate surface area is 114 Å². The average molecular weight is 268 g/mol. The van der Waals surface area contributed by atoms with Crippen molar-refractivity contribution in [2.45, 2.75) is 57.9 Å². The highest BCUT2D eigenvalue weighted by Gasteiger charge is 2.41.